The van der Waals surface area contributed by atoms with E-state index in [4.69, 9.17) is 4.74 Å². The third kappa shape index (κ3) is 2.48. The van der Waals surface area contributed by atoms with Crippen molar-refractivity contribution in [2.24, 2.45) is 0 Å². The first-order chi connectivity index (χ1) is 9.22. The summed E-state index contributed by atoms with van der Waals surface area (Å²) in [5.74, 6) is 0.912. The largest absolute Gasteiger partial charge is 0.487 e. The van der Waals surface area contributed by atoms with Crippen molar-refractivity contribution >= 4 is 10.9 Å². The molecule has 2 heteroatoms. The van der Waals surface area contributed by atoms with Crippen LogP contribution in [0.25, 0.3) is 10.9 Å². The molecule has 0 saturated heterocycles. The van der Waals surface area contributed by atoms with Crippen molar-refractivity contribution in [3.63, 3.8) is 0 Å². The summed E-state index contributed by atoms with van der Waals surface area (Å²) in [5.41, 5.74) is 4.77. The normalized spacial score (nSPS) is 10.8. The Morgan fingerprint density at radius 1 is 1.00 bits per heavy atom. The molecule has 0 radical (unpaired) electrons. The number of fused-ring (bicyclic) bond motifs is 1. The van der Waals surface area contributed by atoms with Gasteiger partial charge in [0.1, 0.15) is 12.4 Å². The maximum Gasteiger partial charge on any atom is 0.128 e. The van der Waals surface area contributed by atoms with E-state index in [-0.39, 0.29) is 0 Å². The van der Waals surface area contributed by atoms with Crippen LogP contribution in [-0.2, 0) is 6.61 Å². The van der Waals surface area contributed by atoms with Gasteiger partial charge < -0.3 is 9.72 Å². The number of benzene rings is 2. The smallest absolute Gasteiger partial charge is 0.128 e. The first kappa shape index (κ1) is 11.8. The van der Waals surface area contributed by atoms with Gasteiger partial charge in [-0.15, -0.1) is 0 Å². The SMILES string of the molecule is Cc1cccc(OCc2cc3c(C)cccc3[nH]2)c1. The van der Waals surface area contributed by atoms with Crippen LogP contribution in [0.5, 0.6) is 5.75 Å². The monoisotopic (exact) mass is 251 g/mol. The van der Waals surface area contributed by atoms with Crippen molar-refractivity contribution in [2.75, 3.05) is 0 Å². The number of aryl methyl sites for hydroxylation is 2. The maximum atomic E-state index is 5.81. The minimum atomic E-state index is 0.567. The van der Waals surface area contributed by atoms with Crippen LogP contribution in [0.4, 0.5) is 0 Å². The third-order valence-electron chi connectivity index (χ3n) is 3.32. The summed E-state index contributed by atoms with van der Waals surface area (Å²) < 4.78 is 5.81. The Hall–Kier alpha value is -2.22. The molecule has 3 aromatic rings. The Morgan fingerprint density at radius 2 is 1.84 bits per heavy atom. The standard InChI is InChI=1S/C17H17NO/c1-12-5-3-7-15(9-12)19-11-14-10-16-13(2)6-4-8-17(16)18-14/h3-10,18H,11H2,1-2H3. The number of H-pyrrole nitrogens is 1. The van der Waals surface area contributed by atoms with E-state index in [2.05, 4.69) is 49.2 Å². The van der Waals surface area contributed by atoms with E-state index in [1.165, 1.54) is 22.0 Å². The average molecular weight is 251 g/mol. The van der Waals surface area contributed by atoms with E-state index in [1.54, 1.807) is 0 Å². The van der Waals surface area contributed by atoms with Gasteiger partial charge >= 0.3 is 0 Å². The summed E-state index contributed by atoms with van der Waals surface area (Å²) >= 11 is 0. The summed E-state index contributed by atoms with van der Waals surface area (Å²) in [4.78, 5) is 3.40. The fourth-order valence-electron chi connectivity index (χ4n) is 2.31. The lowest BCUT2D eigenvalue weighted by Gasteiger charge is -2.05. The molecule has 0 unspecified atom stereocenters. The molecular weight excluding hydrogens is 234 g/mol. The Balaban J connectivity index is 1.80. The van der Waals surface area contributed by atoms with E-state index >= 15 is 0 Å². The second-order valence-electron chi connectivity index (χ2n) is 4.94. The molecule has 19 heavy (non-hydrogen) atoms. The van der Waals surface area contributed by atoms with Crippen LogP contribution >= 0.6 is 0 Å². The Labute approximate surface area is 113 Å². The van der Waals surface area contributed by atoms with Crippen molar-refractivity contribution in [2.45, 2.75) is 20.5 Å². The van der Waals surface area contributed by atoms with Gasteiger partial charge in [0.2, 0.25) is 0 Å². The highest BCUT2D eigenvalue weighted by molar-refractivity contribution is 5.83. The van der Waals surface area contributed by atoms with Crippen LogP contribution in [0.15, 0.2) is 48.5 Å². The molecule has 0 spiro atoms. The zero-order valence-corrected chi connectivity index (χ0v) is 11.2. The summed E-state index contributed by atoms with van der Waals surface area (Å²) in [7, 11) is 0. The molecule has 0 bridgehead atoms. The molecule has 2 nitrogen and oxygen atoms in total. The van der Waals surface area contributed by atoms with Gasteiger partial charge in [-0.05, 0) is 49.2 Å². The van der Waals surface area contributed by atoms with Crippen LogP contribution < -0.4 is 4.74 Å². The van der Waals surface area contributed by atoms with Crippen molar-refractivity contribution in [3.8, 4) is 5.75 Å². The van der Waals surface area contributed by atoms with Gasteiger partial charge in [0.15, 0.2) is 0 Å². The Kier molecular flexibility index (Phi) is 3.00. The fraction of sp³-hybridized carbons (Fsp3) is 0.176. The highest BCUT2D eigenvalue weighted by atomic mass is 16.5. The number of ether oxygens (including phenoxy) is 1. The van der Waals surface area contributed by atoms with Crippen LogP contribution in [-0.4, -0.2) is 4.98 Å². The molecule has 1 heterocycles. The molecule has 2 aromatic carbocycles. The molecule has 0 amide bonds. The molecule has 1 aromatic heterocycles. The highest BCUT2D eigenvalue weighted by Gasteiger charge is 2.03. The van der Waals surface area contributed by atoms with Gasteiger partial charge in [-0.1, -0.05) is 24.3 Å². The Morgan fingerprint density at radius 3 is 2.63 bits per heavy atom. The lowest BCUT2D eigenvalue weighted by Crippen LogP contribution is -1.95. The van der Waals surface area contributed by atoms with Crippen molar-refractivity contribution < 1.29 is 4.74 Å². The minimum Gasteiger partial charge on any atom is -0.487 e. The summed E-state index contributed by atoms with van der Waals surface area (Å²) in [5, 5.41) is 1.27. The topological polar surface area (TPSA) is 25.0 Å². The van der Waals surface area contributed by atoms with Crippen molar-refractivity contribution in [1.29, 1.82) is 0 Å². The molecule has 0 fully saturated rings. The van der Waals surface area contributed by atoms with Crippen LogP contribution in [0.1, 0.15) is 16.8 Å². The number of hydrogen-bond acceptors (Lipinski definition) is 1. The van der Waals surface area contributed by atoms with E-state index in [9.17, 15) is 0 Å². The fourth-order valence-corrected chi connectivity index (χ4v) is 2.31. The van der Waals surface area contributed by atoms with Crippen LogP contribution in [0.3, 0.4) is 0 Å². The number of aromatic nitrogens is 1. The van der Waals surface area contributed by atoms with E-state index < -0.39 is 0 Å². The van der Waals surface area contributed by atoms with E-state index in [1.807, 2.05) is 18.2 Å². The summed E-state index contributed by atoms with van der Waals surface area (Å²) in [6.45, 7) is 4.76. The first-order valence-corrected chi connectivity index (χ1v) is 6.49. The van der Waals surface area contributed by atoms with Gasteiger partial charge in [-0.3, -0.25) is 0 Å². The summed E-state index contributed by atoms with van der Waals surface area (Å²) in [6.07, 6.45) is 0. The average Bonchev–Trinajstić information content (AvgIpc) is 2.81. The van der Waals surface area contributed by atoms with Gasteiger partial charge in [-0.25, -0.2) is 0 Å². The minimum absolute atomic E-state index is 0.567. The van der Waals surface area contributed by atoms with Crippen molar-refractivity contribution in [1.82, 2.24) is 4.98 Å². The molecule has 0 saturated carbocycles. The molecule has 0 atom stereocenters. The Bertz CT molecular complexity index is 712. The van der Waals surface area contributed by atoms with Crippen LogP contribution in [0, 0.1) is 13.8 Å². The molecule has 0 aliphatic carbocycles. The van der Waals surface area contributed by atoms with Gasteiger partial charge in [0, 0.05) is 10.9 Å². The van der Waals surface area contributed by atoms with Crippen molar-refractivity contribution in [3.05, 3.63) is 65.4 Å². The zero-order valence-electron chi connectivity index (χ0n) is 11.2. The molecule has 0 aliphatic rings. The molecule has 96 valence electrons. The van der Waals surface area contributed by atoms with Gasteiger partial charge in [0.25, 0.3) is 0 Å². The van der Waals surface area contributed by atoms with Crippen LogP contribution in [0.2, 0.25) is 0 Å². The molecular formula is C17H17NO. The third-order valence-corrected chi connectivity index (χ3v) is 3.32. The number of nitrogens with one attached hydrogen (secondary N) is 1. The summed E-state index contributed by atoms with van der Waals surface area (Å²) in [6, 6.07) is 16.6. The zero-order chi connectivity index (χ0) is 13.2. The molecule has 0 aliphatic heterocycles. The lowest BCUT2D eigenvalue weighted by atomic mass is 10.1. The lowest BCUT2D eigenvalue weighted by molar-refractivity contribution is 0.302. The van der Waals surface area contributed by atoms with E-state index in [0.717, 1.165) is 11.4 Å². The second kappa shape index (κ2) is 4.81. The predicted molar refractivity (Wildman–Crippen MR) is 78.5 cm³/mol. The molecule has 3 rings (SSSR count). The maximum absolute atomic E-state index is 5.81. The van der Waals surface area contributed by atoms with Gasteiger partial charge in [0.05, 0.1) is 5.69 Å². The number of rotatable bonds is 3. The predicted octanol–water partition coefficient (Wildman–Crippen LogP) is 4.36. The van der Waals surface area contributed by atoms with Gasteiger partial charge in [-0.2, -0.15) is 0 Å². The number of aromatic amines is 1. The highest BCUT2D eigenvalue weighted by Crippen LogP contribution is 2.20. The quantitative estimate of drug-likeness (QED) is 0.735. The van der Waals surface area contributed by atoms with E-state index in [0.29, 0.717) is 6.61 Å². The second-order valence-corrected chi connectivity index (χ2v) is 4.94. The molecule has 1 N–H and O–H groups in total. The number of hydrogen-bond donors (Lipinski definition) is 1. The first-order valence-electron chi connectivity index (χ1n) is 6.49.